The van der Waals surface area contributed by atoms with Crippen LogP contribution in [0.25, 0.3) is 0 Å². The van der Waals surface area contributed by atoms with Gasteiger partial charge in [-0.05, 0) is 42.5 Å². The van der Waals surface area contributed by atoms with E-state index in [1.54, 1.807) is 12.1 Å². The minimum Gasteiger partial charge on any atom is -0.366 e. The van der Waals surface area contributed by atoms with E-state index in [4.69, 9.17) is 0 Å². The van der Waals surface area contributed by atoms with Gasteiger partial charge in [0, 0.05) is 25.8 Å². The number of rotatable bonds is 6. The molecule has 1 saturated heterocycles. The fraction of sp³-hybridized carbons (Fsp3) is 0.389. The Morgan fingerprint density at radius 3 is 2.42 bits per heavy atom. The number of aryl methyl sites for hydroxylation is 1. The van der Waals surface area contributed by atoms with Crippen LogP contribution in [0.4, 0.5) is 5.82 Å². The average Bonchev–Trinajstić information content (AvgIpc) is 3.16. The number of nitrogens with zero attached hydrogens (tertiary/aromatic N) is 2. The van der Waals surface area contributed by atoms with E-state index in [1.807, 2.05) is 12.1 Å². The Hall–Kier alpha value is -1.92. The lowest BCUT2D eigenvalue weighted by Crippen LogP contribution is -2.27. The Morgan fingerprint density at radius 2 is 1.79 bits per heavy atom. The number of sulfonamides is 1. The number of nitrogens with one attached hydrogen (secondary N) is 1. The second-order valence-electron chi connectivity index (χ2n) is 5.97. The van der Waals surface area contributed by atoms with E-state index in [1.165, 1.54) is 21.6 Å². The molecule has 0 unspecified atom stereocenters. The third-order valence-electron chi connectivity index (χ3n) is 4.40. The summed E-state index contributed by atoms with van der Waals surface area (Å²) in [7, 11) is -3.39. The molecule has 0 spiro atoms. The van der Waals surface area contributed by atoms with E-state index in [0.29, 0.717) is 25.5 Å². The van der Waals surface area contributed by atoms with Crippen molar-refractivity contribution in [3.63, 3.8) is 0 Å². The topological polar surface area (TPSA) is 62.3 Å². The van der Waals surface area contributed by atoms with Gasteiger partial charge in [-0.3, -0.25) is 0 Å². The molecule has 5 nitrogen and oxygen atoms in total. The highest BCUT2D eigenvalue weighted by molar-refractivity contribution is 7.89. The number of hydrogen-bond acceptors (Lipinski definition) is 4. The number of anilines is 1. The average molecular weight is 345 g/mol. The fourth-order valence-corrected chi connectivity index (χ4v) is 4.44. The van der Waals surface area contributed by atoms with Crippen LogP contribution in [0.5, 0.6) is 0 Å². The molecule has 1 aromatic carbocycles. The summed E-state index contributed by atoms with van der Waals surface area (Å²) in [5.74, 6) is 0.682. The molecule has 3 rings (SSSR count). The number of aromatic nitrogens is 1. The zero-order valence-electron chi connectivity index (χ0n) is 13.9. The Bertz CT molecular complexity index is 782. The van der Waals surface area contributed by atoms with Crippen LogP contribution in [0.1, 0.15) is 30.9 Å². The van der Waals surface area contributed by atoms with Crippen LogP contribution < -0.4 is 5.32 Å². The number of benzene rings is 1. The number of pyridine rings is 1. The predicted octanol–water partition coefficient (Wildman–Crippen LogP) is 3.04. The van der Waals surface area contributed by atoms with Gasteiger partial charge in [-0.15, -0.1) is 0 Å². The van der Waals surface area contributed by atoms with Crippen molar-refractivity contribution >= 4 is 15.8 Å². The lowest BCUT2D eigenvalue weighted by Gasteiger charge is -2.15. The zero-order valence-corrected chi connectivity index (χ0v) is 14.7. The molecular weight excluding hydrogens is 322 g/mol. The van der Waals surface area contributed by atoms with E-state index >= 15 is 0 Å². The van der Waals surface area contributed by atoms with Crippen molar-refractivity contribution in [2.75, 3.05) is 18.4 Å². The molecular formula is C18H23N3O2S. The van der Waals surface area contributed by atoms with E-state index < -0.39 is 10.0 Å². The van der Waals surface area contributed by atoms with Gasteiger partial charge in [0.2, 0.25) is 10.0 Å². The molecule has 1 N–H and O–H groups in total. The van der Waals surface area contributed by atoms with Crippen LogP contribution in [-0.4, -0.2) is 30.8 Å². The van der Waals surface area contributed by atoms with Crippen molar-refractivity contribution in [2.24, 2.45) is 0 Å². The van der Waals surface area contributed by atoms with Gasteiger partial charge in [-0.25, -0.2) is 13.4 Å². The molecule has 0 aliphatic carbocycles. The summed E-state index contributed by atoms with van der Waals surface area (Å²) >= 11 is 0. The minimum absolute atomic E-state index is 0.268. The van der Waals surface area contributed by atoms with Crippen molar-refractivity contribution in [3.05, 3.63) is 53.7 Å². The lowest BCUT2D eigenvalue weighted by atomic mass is 10.1. The molecule has 24 heavy (non-hydrogen) atoms. The maximum Gasteiger partial charge on any atom is 0.244 e. The van der Waals surface area contributed by atoms with Gasteiger partial charge in [0.25, 0.3) is 0 Å². The summed E-state index contributed by atoms with van der Waals surface area (Å²) in [6.45, 7) is 4.02. The molecule has 0 amide bonds. The van der Waals surface area contributed by atoms with Gasteiger partial charge in [0.1, 0.15) is 10.7 Å². The molecule has 6 heteroatoms. The largest absolute Gasteiger partial charge is 0.366 e. The monoisotopic (exact) mass is 345 g/mol. The molecule has 2 aromatic rings. The predicted molar refractivity (Wildman–Crippen MR) is 95.4 cm³/mol. The first-order valence-corrected chi connectivity index (χ1v) is 9.82. The van der Waals surface area contributed by atoms with Crippen LogP contribution in [0, 0.1) is 0 Å². The van der Waals surface area contributed by atoms with E-state index in [2.05, 4.69) is 29.4 Å². The van der Waals surface area contributed by atoms with Crippen LogP contribution in [0.2, 0.25) is 0 Å². The Balaban J connectivity index is 1.68. The summed E-state index contributed by atoms with van der Waals surface area (Å²) < 4.78 is 26.5. The summed E-state index contributed by atoms with van der Waals surface area (Å²) in [5, 5.41) is 3.26. The second kappa shape index (κ2) is 7.32. The van der Waals surface area contributed by atoms with Crippen LogP contribution in [0.3, 0.4) is 0 Å². The summed E-state index contributed by atoms with van der Waals surface area (Å²) in [5.41, 5.74) is 2.54. The van der Waals surface area contributed by atoms with Crippen molar-refractivity contribution in [1.82, 2.24) is 9.29 Å². The maximum absolute atomic E-state index is 12.5. The summed E-state index contributed by atoms with van der Waals surface area (Å²) in [6.07, 6.45) is 4.30. The normalized spacial score (nSPS) is 15.5. The third-order valence-corrected chi connectivity index (χ3v) is 6.28. The molecule has 1 aliphatic heterocycles. The highest BCUT2D eigenvalue weighted by atomic mass is 32.2. The molecule has 1 aromatic heterocycles. The first-order valence-electron chi connectivity index (χ1n) is 8.38. The number of hydrogen-bond donors (Lipinski definition) is 1. The van der Waals surface area contributed by atoms with E-state index in [0.717, 1.165) is 19.3 Å². The van der Waals surface area contributed by atoms with E-state index in [-0.39, 0.29) is 4.90 Å². The van der Waals surface area contributed by atoms with Crippen LogP contribution >= 0.6 is 0 Å². The molecule has 0 radical (unpaired) electrons. The summed E-state index contributed by atoms with van der Waals surface area (Å²) in [4.78, 5) is 4.54. The van der Waals surface area contributed by atoms with Crippen LogP contribution in [0.15, 0.2) is 47.5 Å². The fourth-order valence-electron chi connectivity index (χ4n) is 2.98. The molecule has 1 aliphatic rings. The zero-order chi connectivity index (χ0) is 17.0. The van der Waals surface area contributed by atoms with Crippen molar-refractivity contribution in [2.45, 2.75) is 37.6 Å². The quantitative estimate of drug-likeness (QED) is 0.874. The van der Waals surface area contributed by atoms with Gasteiger partial charge in [-0.1, -0.05) is 31.2 Å². The Morgan fingerprint density at radius 1 is 1.08 bits per heavy atom. The highest BCUT2D eigenvalue weighted by Gasteiger charge is 2.27. The third kappa shape index (κ3) is 3.60. The van der Waals surface area contributed by atoms with Gasteiger partial charge in [-0.2, -0.15) is 4.31 Å². The van der Waals surface area contributed by atoms with Gasteiger partial charge in [0.15, 0.2) is 0 Å². The Labute approximate surface area is 143 Å². The standard InChI is InChI=1S/C18H23N3O2S/c1-2-15-7-3-4-8-16(15)13-19-18-10-9-17(14-20-18)24(22,23)21-11-5-6-12-21/h3-4,7-10,14H,2,5-6,11-13H2,1H3,(H,19,20). The molecule has 0 atom stereocenters. The maximum atomic E-state index is 12.5. The SMILES string of the molecule is CCc1ccccc1CNc1ccc(S(=O)(=O)N2CCCC2)cn1. The van der Waals surface area contributed by atoms with E-state index in [9.17, 15) is 8.42 Å². The van der Waals surface area contributed by atoms with Gasteiger partial charge >= 0.3 is 0 Å². The molecule has 0 saturated carbocycles. The Kier molecular flexibility index (Phi) is 5.16. The summed E-state index contributed by atoms with van der Waals surface area (Å²) in [6, 6.07) is 11.6. The minimum atomic E-state index is -3.39. The molecule has 2 heterocycles. The molecule has 1 fully saturated rings. The van der Waals surface area contributed by atoms with Gasteiger partial charge < -0.3 is 5.32 Å². The second-order valence-corrected chi connectivity index (χ2v) is 7.90. The van der Waals surface area contributed by atoms with Crippen molar-refractivity contribution < 1.29 is 8.42 Å². The van der Waals surface area contributed by atoms with Crippen molar-refractivity contribution in [1.29, 1.82) is 0 Å². The lowest BCUT2D eigenvalue weighted by molar-refractivity contribution is 0.477. The van der Waals surface area contributed by atoms with Crippen molar-refractivity contribution in [3.8, 4) is 0 Å². The first-order chi connectivity index (χ1) is 11.6. The smallest absolute Gasteiger partial charge is 0.244 e. The molecule has 128 valence electrons. The van der Waals surface area contributed by atoms with Gasteiger partial charge in [0.05, 0.1) is 0 Å². The molecule has 0 bridgehead atoms. The first kappa shape index (κ1) is 16.9. The van der Waals surface area contributed by atoms with Crippen LogP contribution in [-0.2, 0) is 23.0 Å². The highest BCUT2D eigenvalue weighted by Crippen LogP contribution is 2.21.